The van der Waals surface area contributed by atoms with Gasteiger partial charge < -0.3 is 25.8 Å². The maximum Gasteiger partial charge on any atom is 0.222 e. The first-order valence-electron chi connectivity index (χ1n) is 7.64. The quantitative estimate of drug-likeness (QED) is 0.657. The van der Waals surface area contributed by atoms with Gasteiger partial charge in [-0.1, -0.05) is 6.07 Å². The molecule has 0 atom stereocenters. The fraction of sp³-hybridized carbons (Fsp3) is 0.235. The second-order valence-corrected chi connectivity index (χ2v) is 5.65. The van der Waals surface area contributed by atoms with Crippen molar-refractivity contribution in [3.63, 3.8) is 0 Å². The SMILES string of the molecule is COc1cc(COc2cnc(N)nc2N)c2cccnc2c1N(C)C.Cl.Cl. The van der Waals surface area contributed by atoms with E-state index in [1.807, 2.05) is 37.2 Å². The van der Waals surface area contributed by atoms with Crippen molar-refractivity contribution in [2.45, 2.75) is 6.61 Å². The van der Waals surface area contributed by atoms with E-state index in [4.69, 9.17) is 20.9 Å². The molecule has 146 valence electrons. The number of nitrogens with zero attached hydrogens (tertiary/aromatic N) is 4. The smallest absolute Gasteiger partial charge is 0.222 e. The molecule has 8 nitrogen and oxygen atoms in total. The summed E-state index contributed by atoms with van der Waals surface area (Å²) in [6, 6.07) is 5.82. The van der Waals surface area contributed by atoms with Gasteiger partial charge in [-0.2, -0.15) is 4.98 Å². The van der Waals surface area contributed by atoms with Gasteiger partial charge in [0, 0.05) is 31.2 Å². The molecule has 3 rings (SSSR count). The Kier molecular flexibility index (Phi) is 7.68. The normalized spacial score (nSPS) is 9.89. The van der Waals surface area contributed by atoms with Crippen molar-refractivity contribution in [2.75, 3.05) is 37.6 Å². The van der Waals surface area contributed by atoms with Crippen LogP contribution in [0.1, 0.15) is 5.56 Å². The fourth-order valence-corrected chi connectivity index (χ4v) is 2.65. The lowest BCUT2D eigenvalue weighted by Gasteiger charge is -2.20. The molecule has 1 aromatic carbocycles. The number of hydrogen-bond acceptors (Lipinski definition) is 8. The number of nitrogen functional groups attached to an aromatic ring is 2. The van der Waals surface area contributed by atoms with Crippen LogP contribution in [0.5, 0.6) is 11.5 Å². The first-order chi connectivity index (χ1) is 12.0. The average Bonchev–Trinajstić information content (AvgIpc) is 2.59. The van der Waals surface area contributed by atoms with Gasteiger partial charge in [-0.25, -0.2) is 4.98 Å². The third-order valence-corrected chi connectivity index (χ3v) is 3.77. The molecule has 0 fully saturated rings. The van der Waals surface area contributed by atoms with Crippen LogP contribution in [0.15, 0.2) is 30.6 Å². The predicted octanol–water partition coefficient (Wildman–Crippen LogP) is 2.69. The van der Waals surface area contributed by atoms with Gasteiger partial charge in [0.05, 0.1) is 18.8 Å². The molecule has 0 spiro atoms. The summed E-state index contributed by atoms with van der Waals surface area (Å²) in [5, 5.41) is 0.974. The molecule has 2 heterocycles. The summed E-state index contributed by atoms with van der Waals surface area (Å²) < 4.78 is 11.3. The third-order valence-electron chi connectivity index (χ3n) is 3.77. The highest BCUT2D eigenvalue weighted by Crippen LogP contribution is 2.37. The lowest BCUT2D eigenvalue weighted by molar-refractivity contribution is 0.306. The van der Waals surface area contributed by atoms with Crippen LogP contribution in [0, 0.1) is 0 Å². The molecule has 0 saturated carbocycles. The number of fused-ring (bicyclic) bond motifs is 1. The van der Waals surface area contributed by atoms with Crippen LogP contribution in [-0.2, 0) is 6.61 Å². The number of ether oxygens (including phenoxy) is 2. The Balaban J connectivity index is 0.00000182. The minimum atomic E-state index is 0. The zero-order valence-electron chi connectivity index (χ0n) is 15.2. The van der Waals surface area contributed by atoms with Crippen molar-refractivity contribution in [2.24, 2.45) is 0 Å². The van der Waals surface area contributed by atoms with E-state index in [1.165, 1.54) is 6.20 Å². The van der Waals surface area contributed by atoms with Crippen LogP contribution in [0.3, 0.4) is 0 Å². The Hall–Kier alpha value is -2.71. The van der Waals surface area contributed by atoms with Crippen LogP contribution in [0.4, 0.5) is 17.5 Å². The van der Waals surface area contributed by atoms with Gasteiger partial charge >= 0.3 is 0 Å². The highest BCUT2D eigenvalue weighted by Gasteiger charge is 2.16. The Morgan fingerprint density at radius 2 is 1.85 bits per heavy atom. The van der Waals surface area contributed by atoms with Crippen molar-refractivity contribution in [3.8, 4) is 11.5 Å². The number of benzene rings is 1. The van der Waals surface area contributed by atoms with E-state index < -0.39 is 0 Å². The lowest BCUT2D eigenvalue weighted by Crippen LogP contribution is -2.12. The maximum atomic E-state index is 5.82. The summed E-state index contributed by atoms with van der Waals surface area (Å²) in [5.74, 6) is 1.40. The standard InChI is InChI=1S/C17H20N6O2.2ClH/c1-23(2)15-12(24-3)7-10(11-5-4-6-20-14(11)15)9-25-13-8-21-17(19)22-16(13)18;;/h4-8H,9H2,1-3H3,(H4,18,19,21,22);2*1H. The summed E-state index contributed by atoms with van der Waals surface area (Å²) >= 11 is 0. The van der Waals surface area contributed by atoms with E-state index in [1.54, 1.807) is 13.3 Å². The molecule has 4 N–H and O–H groups in total. The Bertz CT molecular complexity index is 923. The summed E-state index contributed by atoms with van der Waals surface area (Å²) in [5.41, 5.74) is 14.0. The molecule has 0 unspecified atom stereocenters. The minimum Gasteiger partial charge on any atom is -0.494 e. The first-order valence-corrected chi connectivity index (χ1v) is 7.64. The molecule has 0 aliphatic rings. The molecule has 27 heavy (non-hydrogen) atoms. The molecular formula is C17H22Cl2N6O2. The lowest BCUT2D eigenvalue weighted by atomic mass is 10.1. The zero-order valence-corrected chi connectivity index (χ0v) is 16.8. The van der Waals surface area contributed by atoms with E-state index in [0.717, 1.165) is 27.9 Å². The van der Waals surface area contributed by atoms with E-state index >= 15 is 0 Å². The molecule has 0 aliphatic heterocycles. The van der Waals surface area contributed by atoms with Gasteiger partial charge in [-0.05, 0) is 12.1 Å². The molecule has 2 aromatic heterocycles. The Morgan fingerprint density at radius 1 is 1.11 bits per heavy atom. The number of nitrogens with two attached hydrogens (primary N) is 2. The predicted molar refractivity (Wildman–Crippen MR) is 112 cm³/mol. The average molecular weight is 413 g/mol. The second-order valence-electron chi connectivity index (χ2n) is 5.65. The van der Waals surface area contributed by atoms with Crippen LogP contribution in [-0.4, -0.2) is 36.2 Å². The number of anilines is 3. The van der Waals surface area contributed by atoms with Gasteiger partial charge in [-0.3, -0.25) is 4.98 Å². The molecular weight excluding hydrogens is 391 g/mol. The zero-order chi connectivity index (χ0) is 18.0. The highest BCUT2D eigenvalue weighted by atomic mass is 35.5. The van der Waals surface area contributed by atoms with Crippen molar-refractivity contribution in [1.29, 1.82) is 0 Å². The monoisotopic (exact) mass is 412 g/mol. The van der Waals surface area contributed by atoms with Crippen LogP contribution >= 0.6 is 24.8 Å². The van der Waals surface area contributed by atoms with Crippen LogP contribution < -0.4 is 25.8 Å². The van der Waals surface area contributed by atoms with E-state index in [0.29, 0.717) is 5.75 Å². The largest absolute Gasteiger partial charge is 0.494 e. The molecule has 0 aliphatic carbocycles. The summed E-state index contributed by atoms with van der Waals surface area (Å²) in [6.45, 7) is 0.268. The Labute approximate surface area is 169 Å². The van der Waals surface area contributed by atoms with Crippen LogP contribution in [0.25, 0.3) is 10.9 Å². The summed E-state index contributed by atoms with van der Waals surface area (Å²) in [6.07, 6.45) is 3.22. The third kappa shape index (κ3) is 4.53. The summed E-state index contributed by atoms with van der Waals surface area (Å²) in [4.78, 5) is 14.3. The number of aromatic nitrogens is 3. The van der Waals surface area contributed by atoms with Crippen molar-refractivity contribution in [3.05, 3.63) is 36.2 Å². The number of halogens is 2. The number of rotatable bonds is 5. The van der Waals surface area contributed by atoms with Gasteiger partial charge in [0.1, 0.15) is 18.0 Å². The van der Waals surface area contributed by atoms with Gasteiger partial charge in [0.25, 0.3) is 0 Å². The topological polar surface area (TPSA) is 112 Å². The molecule has 3 aromatic rings. The molecule has 0 amide bonds. The fourth-order valence-electron chi connectivity index (χ4n) is 2.65. The molecule has 0 radical (unpaired) electrons. The van der Waals surface area contributed by atoms with Crippen LogP contribution in [0.2, 0.25) is 0 Å². The second kappa shape index (κ2) is 9.29. The molecule has 10 heteroatoms. The van der Waals surface area contributed by atoms with Crippen molar-refractivity contribution < 1.29 is 9.47 Å². The minimum absolute atomic E-state index is 0. The highest BCUT2D eigenvalue weighted by molar-refractivity contribution is 5.96. The number of pyridine rings is 1. The summed E-state index contributed by atoms with van der Waals surface area (Å²) in [7, 11) is 5.54. The molecule has 0 bridgehead atoms. The van der Waals surface area contributed by atoms with Crippen molar-refractivity contribution in [1.82, 2.24) is 15.0 Å². The van der Waals surface area contributed by atoms with E-state index in [9.17, 15) is 0 Å². The molecule has 0 saturated heterocycles. The van der Waals surface area contributed by atoms with Gasteiger partial charge in [0.15, 0.2) is 11.6 Å². The van der Waals surface area contributed by atoms with E-state index in [-0.39, 0.29) is 43.2 Å². The number of methoxy groups -OCH3 is 1. The Morgan fingerprint density at radius 3 is 2.48 bits per heavy atom. The van der Waals surface area contributed by atoms with Crippen molar-refractivity contribution >= 4 is 53.2 Å². The maximum absolute atomic E-state index is 5.82. The number of hydrogen-bond donors (Lipinski definition) is 2. The van der Waals surface area contributed by atoms with Gasteiger partial charge in [0.2, 0.25) is 5.95 Å². The van der Waals surface area contributed by atoms with E-state index in [2.05, 4.69) is 15.0 Å². The van der Waals surface area contributed by atoms with Gasteiger partial charge in [-0.15, -0.1) is 24.8 Å². The first kappa shape index (κ1) is 22.3.